The van der Waals surface area contributed by atoms with Gasteiger partial charge in [-0.05, 0) is 55.2 Å². The molecule has 1 unspecified atom stereocenters. The fourth-order valence-corrected chi connectivity index (χ4v) is 2.61. The number of rotatable bonds is 3. The summed E-state index contributed by atoms with van der Waals surface area (Å²) in [6, 6.07) is 11.0. The Morgan fingerprint density at radius 2 is 1.89 bits per heavy atom. The van der Waals surface area contributed by atoms with Crippen LogP contribution in [0.4, 0.5) is 4.39 Å². The molecule has 2 aromatic rings. The van der Waals surface area contributed by atoms with Gasteiger partial charge in [-0.2, -0.15) is 0 Å². The summed E-state index contributed by atoms with van der Waals surface area (Å²) in [5, 5.41) is 0. The molecular formula is C16H17BrFN. The number of aryl methyl sites for hydroxylation is 2. The molecule has 2 aromatic carbocycles. The maximum atomic E-state index is 13.7. The van der Waals surface area contributed by atoms with E-state index in [-0.39, 0.29) is 11.9 Å². The highest BCUT2D eigenvalue weighted by molar-refractivity contribution is 9.10. The van der Waals surface area contributed by atoms with Gasteiger partial charge in [0.25, 0.3) is 0 Å². The molecule has 100 valence electrons. The molecule has 0 saturated heterocycles. The highest BCUT2D eigenvalue weighted by Crippen LogP contribution is 2.24. The number of hydrogen-bond donors (Lipinski definition) is 1. The first kappa shape index (κ1) is 14.2. The lowest BCUT2D eigenvalue weighted by atomic mass is 9.94. The number of nitrogens with two attached hydrogens (primary N) is 1. The molecule has 0 aliphatic carbocycles. The summed E-state index contributed by atoms with van der Waals surface area (Å²) in [5.41, 5.74) is 10.3. The monoisotopic (exact) mass is 321 g/mol. The van der Waals surface area contributed by atoms with Crippen LogP contribution in [0.5, 0.6) is 0 Å². The van der Waals surface area contributed by atoms with Crippen molar-refractivity contribution in [2.75, 3.05) is 0 Å². The molecule has 0 amide bonds. The third-order valence-electron chi connectivity index (χ3n) is 3.28. The van der Waals surface area contributed by atoms with Gasteiger partial charge in [0, 0.05) is 10.5 Å². The van der Waals surface area contributed by atoms with Gasteiger partial charge in [-0.25, -0.2) is 4.39 Å². The zero-order valence-corrected chi connectivity index (χ0v) is 12.7. The lowest BCUT2D eigenvalue weighted by Crippen LogP contribution is -2.15. The van der Waals surface area contributed by atoms with Crippen molar-refractivity contribution >= 4 is 15.9 Å². The summed E-state index contributed by atoms with van der Waals surface area (Å²) < 4.78 is 14.6. The van der Waals surface area contributed by atoms with E-state index in [1.165, 1.54) is 11.6 Å². The van der Waals surface area contributed by atoms with Gasteiger partial charge in [0.2, 0.25) is 0 Å². The molecule has 19 heavy (non-hydrogen) atoms. The van der Waals surface area contributed by atoms with Gasteiger partial charge in [0.05, 0.1) is 0 Å². The largest absolute Gasteiger partial charge is 0.324 e. The van der Waals surface area contributed by atoms with E-state index in [4.69, 9.17) is 5.73 Å². The van der Waals surface area contributed by atoms with Crippen molar-refractivity contribution in [2.45, 2.75) is 26.3 Å². The lowest BCUT2D eigenvalue weighted by Gasteiger charge is -2.16. The van der Waals surface area contributed by atoms with Crippen LogP contribution >= 0.6 is 15.9 Å². The van der Waals surface area contributed by atoms with Gasteiger partial charge in [-0.15, -0.1) is 0 Å². The highest BCUT2D eigenvalue weighted by atomic mass is 79.9. The lowest BCUT2D eigenvalue weighted by molar-refractivity contribution is 0.592. The molecule has 1 atom stereocenters. The summed E-state index contributed by atoms with van der Waals surface area (Å²) in [4.78, 5) is 0. The fourth-order valence-electron chi connectivity index (χ4n) is 2.21. The maximum absolute atomic E-state index is 13.7. The molecule has 1 nitrogen and oxygen atoms in total. The molecule has 0 aliphatic rings. The van der Waals surface area contributed by atoms with E-state index in [2.05, 4.69) is 34.1 Å². The van der Waals surface area contributed by atoms with Crippen LogP contribution in [-0.2, 0) is 6.42 Å². The molecule has 0 fully saturated rings. The van der Waals surface area contributed by atoms with Crippen LogP contribution in [0.1, 0.15) is 28.3 Å². The molecule has 2 N–H and O–H groups in total. The zero-order chi connectivity index (χ0) is 14.0. The number of halogens is 2. The first-order chi connectivity index (χ1) is 8.97. The van der Waals surface area contributed by atoms with Crippen LogP contribution in [-0.4, -0.2) is 0 Å². The minimum absolute atomic E-state index is 0.191. The van der Waals surface area contributed by atoms with E-state index in [1.54, 1.807) is 12.1 Å². The molecule has 3 heteroatoms. The van der Waals surface area contributed by atoms with E-state index >= 15 is 0 Å². The molecule has 0 aliphatic heterocycles. The Hall–Kier alpha value is -1.19. The third-order valence-corrected chi connectivity index (χ3v) is 3.78. The molecule has 0 aromatic heterocycles. The fraction of sp³-hybridized carbons (Fsp3) is 0.250. The molecule has 0 spiro atoms. The summed E-state index contributed by atoms with van der Waals surface area (Å²) in [6.07, 6.45) is 0.496. The minimum atomic E-state index is -0.205. The van der Waals surface area contributed by atoms with Crippen LogP contribution in [0.3, 0.4) is 0 Å². The van der Waals surface area contributed by atoms with Crippen LogP contribution in [0.15, 0.2) is 40.9 Å². The second-order valence-corrected chi connectivity index (χ2v) is 5.82. The normalized spacial score (nSPS) is 12.5. The maximum Gasteiger partial charge on any atom is 0.126 e. The van der Waals surface area contributed by atoms with E-state index in [1.807, 2.05) is 13.8 Å². The van der Waals surface area contributed by atoms with Gasteiger partial charge in [0.15, 0.2) is 0 Å². The standard InChI is InChI=1S/C16H17BrFN/c1-10-3-4-11(2)14(7-10)16(19)9-12-8-13(17)5-6-15(12)18/h3-8,16H,9,19H2,1-2H3. The third kappa shape index (κ3) is 3.43. The van der Waals surface area contributed by atoms with Crippen molar-refractivity contribution < 1.29 is 4.39 Å². The summed E-state index contributed by atoms with van der Waals surface area (Å²) in [7, 11) is 0. The Balaban J connectivity index is 2.27. The van der Waals surface area contributed by atoms with Crippen molar-refractivity contribution in [3.63, 3.8) is 0 Å². The smallest absolute Gasteiger partial charge is 0.126 e. The Bertz CT molecular complexity index is 595. The van der Waals surface area contributed by atoms with Crippen LogP contribution in [0.2, 0.25) is 0 Å². The predicted octanol–water partition coefficient (Wildman–Crippen LogP) is 4.45. The van der Waals surface area contributed by atoms with Crippen molar-refractivity contribution in [2.24, 2.45) is 5.73 Å². The van der Waals surface area contributed by atoms with Gasteiger partial charge < -0.3 is 5.73 Å². The summed E-state index contributed by atoms with van der Waals surface area (Å²) in [5.74, 6) is -0.205. The first-order valence-corrected chi connectivity index (χ1v) is 7.03. The van der Waals surface area contributed by atoms with Crippen molar-refractivity contribution in [1.29, 1.82) is 0 Å². The molecule has 0 heterocycles. The van der Waals surface area contributed by atoms with Crippen molar-refractivity contribution in [3.8, 4) is 0 Å². The SMILES string of the molecule is Cc1ccc(C)c(C(N)Cc2cc(Br)ccc2F)c1. The van der Waals surface area contributed by atoms with E-state index in [0.29, 0.717) is 12.0 Å². The second-order valence-electron chi connectivity index (χ2n) is 4.91. The second kappa shape index (κ2) is 5.85. The number of benzene rings is 2. The molecule has 0 saturated carbocycles. The van der Waals surface area contributed by atoms with Gasteiger partial charge >= 0.3 is 0 Å². The molecular weight excluding hydrogens is 305 g/mol. The van der Waals surface area contributed by atoms with Gasteiger partial charge in [0.1, 0.15) is 5.82 Å². The predicted molar refractivity (Wildman–Crippen MR) is 80.6 cm³/mol. The average molecular weight is 322 g/mol. The van der Waals surface area contributed by atoms with E-state index < -0.39 is 0 Å². The summed E-state index contributed by atoms with van der Waals surface area (Å²) in [6.45, 7) is 4.07. The first-order valence-electron chi connectivity index (χ1n) is 6.24. The van der Waals surface area contributed by atoms with Crippen LogP contribution < -0.4 is 5.73 Å². The van der Waals surface area contributed by atoms with Crippen LogP contribution in [0.25, 0.3) is 0 Å². The molecule has 0 radical (unpaired) electrons. The Kier molecular flexibility index (Phi) is 4.38. The van der Waals surface area contributed by atoms with E-state index in [0.717, 1.165) is 15.6 Å². The average Bonchev–Trinajstić information content (AvgIpc) is 2.36. The Morgan fingerprint density at radius 1 is 1.16 bits per heavy atom. The topological polar surface area (TPSA) is 26.0 Å². The van der Waals surface area contributed by atoms with Crippen molar-refractivity contribution in [1.82, 2.24) is 0 Å². The Morgan fingerprint density at radius 3 is 2.63 bits per heavy atom. The zero-order valence-electron chi connectivity index (χ0n) is 11.1. The minimum Gasteiger partial charge on any atom is -0.324 e. The van der Waals surface area contributed by atoms with Gasteiger partial charge in [-0.3, -0.25) is 0 Å². The van der Waals surface area contributed by atoms with Crippen molar-refractivity contribution in [3.05, 3.63) is 68.9 Å². The molecule has 0 bridgehead atoms. The quantitative estimate of drug-likeness (QED) is 0.888. The number of hydrogen-bond acceptors (Lipinski definition) is 1. The molecule has 2 rings (SSSR count). The van der Waals surface area contributed by atoms with Gasteiger partial charge in [-0.1, -0.05) is 39.7 Å². The Labute approximate surface area is 121 Å². The summed E-state index contributed by atoms with van der Waals surface area (Å²) >= 11 is 3.36. The highest BCUT2D eigenvalue weighted by Gasteiger charge is 2.13. The van der Waals surface area contributed by atoms with Crippen LogP contribution in [0, 0.1) is 19.7 Å². The van der Waals surface area contributed by atoms with E-state index in [9.17, 15) is 4.39 Å².